The molecular weight excluding hydrogens is 320 g/mol. The molecule has 1 atom stereocenters. The standard InChI is InChI=1S/C19H26N2O4/c1-14(2)12-25-16-8-5-4-7-15(16)11-20-18(22)21-13-19(3,23)17-9-6-10-24-17/h4-10,14,23H,11-13H2,1-3H3,(H2,20,21,22). The Kier molecular flexibility index (Phi) is 6.47. The maximum absolute atomic E-state index is 12.0. The van der Waals surface area contributed by atoms with E-state index in [1.165, 1.54) is 6.26 Å². The molecule has 0 radical (unpaired) electrons. The second kappa shape index (κ2) is 8.58. The van der Waals surface area contributed by atoms with Gasteiger partial charge >= 0.3 is 6.03 Å². The van der Waals surface area contributed by atoms with Crippen LogP contribution in [0.15, 0.2) is 47.1 Å². The van der Waals surface area contributed by atoms with Crippen molar-refractivity contribution in [2.75, 3.05) is 13.2 Å². The Morgan fingerprint density at radius 2 is 2.00 bits per heavy atom. The quantitative estimate of drug-likeness (QED) is 0.686. The van der Waals surface area contributed by atoms with Gasteiger partial charge in [-0.3, -0.25) is 0 Å². The van der Waals surface area contributed by atoms with Crippen molar-refractivity contribution in [3.8, 4) is 5.75 Å². The van der Waals surface area contributed by atoms with Gasteiger partial charge in [0, 0.05) is 12.1 Å². The highest BCUT2D eigenvalue weighted by molar-refractivity contribution is 5.74. The molecular formula is C19H26N2O4. The molecule has 0 fully saturated rings. The number of hydrogen-bond donors (Lipinski definition) is 3. The summed E-state index contributed by atoms with van der Waals surface area (Å²) in [7, 11) is 0. The van der Waals surface area contributed by atoms with Crippen LogP contribution < -0.4 is 15.4 Å². The Labute approximate surface area is 148 Å². The van der Waals surface area contributed by atoms with E-state index in [0.717, 1.165) is 11.3 Å². The second-order valence-electron chi connectivity index (χ2n) is 6.60. The van der Waals surface area contributed by atoms with Crippen LogP contribution in [0.2, 0.25) is 0 Å². The van der Waals surface area contributed by atoms with Crippen molar-refractivity contribution in [2.24, 2.45) is 5.92 Å². The number of furan rings is 1. The van der Waals surface area contributed by atoms with Crippen molar-refractivity contribution < 1.29 is 19.1 Å². The van der Waals surface area contributed by atoms with E-state index in [4.69, 9.17) is 9.15 Å². The molecule has 1 aromatic carbocycles. The third kappa shape index (κ3) is 5.83. The molecule has 0 saturated heterocycles. The second-order valence-corrected chi connectivity index (χ2v) is 6.60. The number of hydrogen-bond acceptors (Lipinski definition) is 4. The van der Waals surface area contributed by atoms with Crippen molar-refractivity contribution in [3.63, 3.8) is 0 Å². The first-order valence-electron chi connectivity index (χ1n) is 8.37. The van der Waals surface area contributed by atoms with Crippen LogP contribution in [0.25, 0.3) is 0 Å². The molecule has 25 heavy (non-hydrogen) atoms. The molecule has 2 amide bonds. The smallest absolute Gasteiger partial charge is 0.315 e. The van der Waals surface area contributed by atoms with Gasteiger partial charge in [0.15, 0.2) is 0 Å². The number of para-hydroxylation sites is 1. The van der Waals surface area contributed by atoms with Crippen LogP contribution >= 0.6 is 0 Å². The third-order valence-electron chi connectivity index (χ3n) is 3.63. The number of amides is 2. The molecule has 0 saturated carbocycles. The summed E-state index contributed by atoms with van der Waals surface area (Å²) in [6, 6.07) is 10.6. The third-order valence-corrected chi connectivity index (χ3v) is 3.63. The lowest BCUT2D eigenvalue weighted by Crippen LogP contribution is -2.43. The van der Waals surface area contributed by atoms with Gasteiger partial charge in [-0.1, -0.05) is 32.0 Å². The first-order valence-corrected chi connectivity index (χ1v) is 8.37. The summed E-state index contributed by atoms with van der Waals surface area (Å²) in [6.07, 6.45) is 1.48. The molecule has 6 heteroatoms. The van der Waals surface area contributed by atoms with Crippen LogP contribution in [0.1, 0.15) is 32.1 Å². The first kappa shape index (κ1) is 18.9. The minimum atomic E-state index is -1.26. The topological polar surface area (TPSA) is 83.7 Å². The summed E-state index contributed by atoms with van der Waals surface area (Å²) < 4.78 is 11.0. The van der Waals surface area contributed by atoms with Crippen LogP contribution in [0, 0.1) is 5.92 Å². The van der Waals surface area contributed by atoms with E-state index in [0.29, 0.717) is 24.8 Å². The Hall–Kier alpha value is -2.47. The van der Waals surface area contributed by atoms with Crippen molar-refractivity contribution in [3.05, 3.63) is 54.0 Å². The maximum Gasteiger partial charge on any atom is 0.315 e. The predicted octanol–water partition coefficient (Wildman–Crippen LogP) is 3.02. The van der Waals surface area contributed by atoms with Gasteiger partial charge in [0.25, 0.3) is 0 Å². The lowest BCUT2D eigenvalue weighted by Gasteiger charge is -2.21. The zero-order valence-corrected chi connectivity index (χ0v) is 14.9. The number of nitrogens with one attached hydrogen (secondary N) is 2. The van der Waals surface area contributed by atoms with Gasteiger partial charge in [-0.05, 0) is 31.0 Å². The highest BCUT2D eigenvalue weighted by atomic mass is 16.5. The Balaban J connectivity index is 1.84. The summed E-state index contributed by atoms with van der Waals surface area (Å²) >= 11 is 0. The van der Waals surface area contributed by atoms with Crippen molar-refractivity contribution >= 4 is 6.03 Å². The Morgan fingerprint density at radius 3 is 2.68 bits per heavy atom. The fourth-order valence-corrected chi connectivity index (χ4v) is 2.21. The van der Waals surface area contributed by atoms with Crippen molar-refractivity contribution in [2.45, 2.75) is 32.9 Å². The van der Waals surface area contributed by atoms with Crippen molar-refractivity contribution in [1.29, 1.82) is 0 Å². The highest BCUT2D eigenvalue weighted by Gasteiger charge is 2.26. The van der Waals surface area contributed by atoms with E-state index >= 15 is 0 Å². The summed E-state index contributed by atoms with van der Waals surface area (Å²) in [5, 5.41) is 15.7. The predicted molar refractivity (Wildman–Crippen MR) is 95.3 cm³/mol. The molecule has 2 aromatic rings. The Morgan fingerprint density at radius 1 is 1.24 bits per heavy atom. The molecule has 2 rings (SSSR count). The monoisotopic (exact) mass is 346 g/mol. The zero-order chi connectivity index (χ0) is 18.3. The summed E-state index contributed by atoms with van der Waals surface area (Å²) in [6.45, 7) is 6.75. The number of benzene rings is 1. The Bertz CT molecular complexity index is 666. The fourth-order valence-electron chi connectivity index (χ4n) is 2.21. The number of aliphatic hydroxyl groups is 1. The van der Waals surface area contributed by atoms with Gasteiger partial charge < -0.3 is 24.9 Å². The molecule has 3 N–H and O–H groups in total. The van der Waals surface area contributed by atoms with E-state index < -0.39 is 5.60 Å². The molecule has 136 valence electrons. The zero-order valence-electron chi connectivity index (χ0n) is 14.9. The molecule has 0 aliphatic carbocycles. The van der Waals surface area contributed by atoms with Crippen LogP contribution in [-0.4, -0.2) is 24.3 Å². The average Bonchev–Trinajstić information content (AvgIpc) is 3.12. The number of ether oxygens (including phenoxy) is 1. The fraction of sp³-hybridized carbons (Fsp3) is 0.421. The van der Waals surface area contributed by atoms with Gasteiger partial charge in [0.2, 0.25) is 0 Å². The number of rotatable bonds is 8. The average molecular weight is 346 g/mol. The van der Waals surface area contributed by atoms with E-state index in [2.05, 4.69) is 24.5 Å². The van der Waals surface area contributed by atoms with Crippen molar-refractivity contribution in [1.82, 2.24) is 10.6 Å². The summed E-state index contributed by atoms with van der Waals surface area (Å²) in [5.41, 5.74) is -0.366. The minimum absolute atomic E-state index is 0.0395. The first-order chi connectivity index (χ1) is 11.9. The number of carbonyl (C=O) groups is 1. The van der Waals surface area contributed by atoms with E-state index in [-0.39, 0.29) is 12.6 Å². The van der Waals surface area contributed by atoms with Crippen LogP contribution in [0.4, 0.5) is 4.79 Å². The maximum atomic E-state index is 12.0. The van der Waals surface area contributed by atoms with Gasteiger partial charge in [-0.25, -0.2) is 4.79 Å². The van der Waals surface area contributed by atoms with E-state index in [1.807, 2.05) is 24.3 Å². The highest BCUT2D eigenvalue weighted by Crippen LogP contribution is 2.20. The van der Waals surface area contributed by atoms with Crippen LogP contribution in [-0.2, 0) is 12.1 Å². The molecule has 0 aliphatic rings. The molecule has 1 heterocycles. The molecule has 0 spiro atoms. The summed E-state index contributed by atoms with van der Waals surface area (Å²) in [4.78, 5) is 12.0. The summed E-state index contributed by atoms with van der Waals surface area (Å²) in [5.74, 6) is 1.59. The lowest BCUT2D eigenvalue weighted by molar-refractivity contribution is 0.0367. The molecule has 6 nitrogen and oxygen atoms in total. The van der Waals surface area contributed by atoms with Crippen LogP contribution in [0.3, 0.4) is 0 Å². The molecule has 1 unspecified atom stereocenters. The lowest BCUT2D eigenvalue weighted by atomic mass is 10.0. The van der Waals surface area contributed by atoms with E-state index in [9.17, 15) is 9.90 Å². The van der Waals surface area contributed by atoms with Gasteiger partial charge in [-0.2, -0.15) is 0 Å². The molecule has 0 aliphatic heterocycles. The normalized spacial score (nSPS) is 13.3. The van der Waals surface area contributed by atoms with Crippen LogP contribution in [0.5, 0.6) is 5.75 Å². The number of urea groups is 1. The van der Waals surface area contributed by atoms with E-state index in [1.54, 1.807) is 19.1 Å². The minimum Gasteiger partial charge on any atom is -0.493 e. The molecule has 1 aromatic heterocycles. The SMILES string of the molecule is CC(C)COc1ccccc1CNC(=O)NCC(C)(O)c1ccco1. The van der Waals surface area contributed by atoms with Gasteiger partial charge in [-0.15, -0.1) is 0 Å². The number of carbonyl (C=O) groups excluding carboxylic acids is 1. The largest absolute Gasteiger partial charge is 0.493 e. The molecule has 0 bridgehead atoms. The van der Waals surface area contributed by atoms with Gasteiger partial charge in [0.1, 0.15) is 17.1 Å². The van der Waals surface area contributed by atoms with Gasteiger partial charge in [0.05, 0.1) is 19.4 Å².